The fraction of sp³-hybridized carbons (Fsp3) is 0.357. The molecule has 0 aliphatic carbocycles. The summed E-state index contributed by atoms with van der Waals surface area (Å²) in [7, 11) is 0. The van der Waals surface area contributed by atoms with Gasteiger partial charge in [0.05, 0.1) is 6.61 Å². The SMILES string of the molecule is O=C(NCCCc1ncn[nH]1)c1ccc2c(c1)CCO2. The first kappa shape index (κ1) is 12.7. The summed E-state index contributed by atoms with van der Waals surface area (Å²) in [6.45, 7) is 1.32. The van der Waals surface area contributed by atoms with E-state index in [0.29, 0.717) is 18.7 Å². The van der Waals surface area contributed by atoms with E-state index < -0.39 is 0 Å². The lowest BCUT2D eigenvalue weighted by Crippen LogP contribution is -2.24. The standard InChI is InChI=1S/C14H16N4O2/c19-14(15-6-1-2-13-16-9-17-18-13)11-3-4-12-10(8-11)5-7-20-12/h3-4,8-9H,1-2,5-7H2,(H,15,19)(H,16,17,18). The van der Waals surface area contributed by atoms with Gasteiger partial charge in [-0.1, -0.05) is 0 Å². The molecule has 0 bridgehead atoms. The molecule has 1 aliphatic heterocycles. The van der Waals surface area contributed by atoms with Gasteiger partial charge < -0.3 is 10.1 Å². The molecule has 20 heavy (non-hydrogen) atoms. The Balaban J connectivity index is 1.49. The Morgan fingerprint density at radius 1 is 1.45 bits per heavy atom. The minimum absolute atomic E-state index is 0.0442. The predicted molar refractivity (Wildman–Crippen MR) is 72.7 cm³/mol. The van der Waals surface area contributed by atoms with Gasteiger partial charge in [-0.15, -0.1) is 0 Å². The highest BCUT2D eigenvalue weighted by molar-refractivity contribution is 5.94. The summed E-state index contributed by atoms with van der Waals surface area (Å²) < 4.78 is 5.43. The molecule has 2 heterocycles. The first-order valence-electron chi connectivity index (χ1n) is 6.71. The van der Waals surface area contributed by atoms with Crippen LogP contribution in [0, 0.1) is 0 Å². The zero-order valence-electron chi connectivity index (χ0n) is 11.1. The molecule has 0 saturated carbocycles. The van der Waals surface area contributed by atoms with Crippen molar-refractivity contribution in [2.75, 3.05) is 13.2 Å². The number of aromatic nitrogens is 3. The maximum absolute atomic E-state index is 12.0. The Morgan fingerprint density at radius 3 is 3.25 bits per heavy atom. The van der Waals surface area contributed by atoms with Crippen LogP contribution in [0.4, 0.5) is 0 Å². The van der Waals surface area contributed by atoms with Crippen molar-refractivity contribution in [1.82, 2.24) is 20.5 Å². The number of ether oxygens (including phenoxy) is 1. The van der Waals surface area contributed by atoms with Crippen molar-refractivity contribution in [3.63, 3.8) is 0 Å². The molecule has 1 aliphatic rings. The number of aryl methyl sites for hydroxylation is 1. The van der Waals surface area contributed by atoms with Gasteiger partial charge in [-0.05, 0) is 30.2 Å². The van der Waals surface area contributed by atoms with Gasteiger partial charge in [-0.3, -0.25) is 9.89 Å². The summed E-state index contributed by atoms with van der Waals surface area (Å²) in [4.78, 5) is 16.1. The highest BCUT2D eigenvalue weighted by atomic mass is 16.5. The minimum Gasteiger partial charge on any atom is -0.493 e. The predicted octanol–water partition coefficient (Wildman–Crippen LogP) is 1.10. The van der Waals surface area contributed by atoms with E-state index in [1.165, 1.54) is 6.33 Å². The van der Waals surface area contributed by atoms with Crippen molar-refractivity contribution in [1.29, 1.82) is 0 Å². The molecule has 6 heteroatoms. The average Bonchev–Trinajstić information content (AvgIpc) is 3.13. The molecule has 3 rings (SSSR count). The van der Waals surface area contributed by atoms with E-state index in [9.17, 15) is 4.79 Å². The van der Waals surface area contributed by atoms with Crippen LogP contribution in [0.5, 0.6) is 5.75 Å². The normalized spacial score (nSPS) is 12.8. The van der Waals surface area contributed by atoms with Crippen LogP contribution in [0.2, 0.25) is 0 Å². The van der Waals surface area contributed by atoms with Crippen LogP contribution in [-0.4, -0.2) is 34.2 Å². The van der Waals surface area contributed by atoms with Gasteiger partial charge in [0.2, 0.25) is 0 Å². The molecule has 0 unspecified atom stereocenters. The minimum atomic E-state index is -0.0442. The first-order valence-corrected chi connectivity index (χ1v) is 6.71. The molecule has 6 nitrogen and oxygen atoms in total. The fourth-order valence-corrected chi connectivity index (χ4v) is 2.24. The van der Waals surface area contributed by atoms with Gasteiger partial charge in [-0.2, -0.15) is 5.10 Å². The van der Waals surface area contributed by atoms with E-state index in [0.717, 1.165) is 36.4 Å². The third kappa shape index (κ3) is 2.79. The quantitative estimate of drug-likeness (QED) is 0.799. The number of nitrogens with one attached hydrogen (secondary N) is 2. The molecule has 0 radical (unpaired) electrons. The lowest BCUT2D eigenvalue weighted by molar-refractivity contribution is 0.0953. The smallest absolute Gasteiger partial charge is 0.251 e. The number of aromatic amines is 1. The van der Waals surface area contributed by atoms with E-state index in [-0.39, 0.29) is 5.91 Å². The number of rotatable bonds is 5. The second kappa shape index (κ2) is 5.73. The maximum Gasteiger partial charge on any atom is 0.251 e. The third-order valence-corrected chi connectivity index (χ3v) is 3.29. The van der Waals surface area contributed by atoms with E-state index in [1.807, 2.05) is 12.1 Å². The Labute approximate surface area is 116 Å². The van der Waals surface area contributed by atoms with Crippen LogP contribution < -0.4 is 10.1 Å². The molecule has 0 spiro atoms. The second-order valence-corrected chi connectivity index (χ2v) is 4.71. The van der Waals surface area contributed by atoms with Gasteiger partial charge in [0.25, 0.3) is 5.91 Å². The zero-order valence-corrected chi connectivity index (χ0v) is 11.1. The molecule has 104 valence electrons. The number of benzene rings is 1. The topological polar surface area (TPSA) is 79.9 Å². The Morgan fingerprint density at radius 2 is 2.40 bits per heavy atom. The second-order valence-electron chi connectivity index (χ2n) is 4.71. The van der Waals surface area contributed by atoms with Gasteiger partial charge in [0.15, 0.2) is 0 Å². The number of nitrogens with zero attached hydrogens (tertiary/aromatic N) is 2. The average molecular weight is 272 g/mol. The van der Waals surface area contributed by atoms with Crippen LogP contribution in [0.15, 0.2) is 24.5 Å². The molecule has 1 aromatic heterocycles. The molecular formula is C14H16N4O2. The monoisotopic (exact) mass is 272 g/mol. The summed E-state index contributed by atoms with van der Waals surface area (Å²) in [5.41, 5.74) is 1.80. The van der Waals surface area contributed by atoms with Crippen LogP contribution in [-0.2, 0) is 12.8 Å². The third-order valence-electron chi connectivity index (χ3n) is 3.29. The molecule has 2 N–H and O–H groups in total. The number of H-pyrrole nitrogens is 1. The highest BCUT2D eigenvalue weighted by Gasteiger charge is 2.14. The highest BCUT2D eigenvalue weighted by Crippen LogP contribution is 2.25. The molecule has 0 fully saturated rings. The number of carbonyl (C=O) groups excluding carboxylic acids is 1. The fourth-order valence-electron chi connectivity index (χ4n) is 2.24. The zero-order chi connectivity index (χ0) is 13.8. The Bertz CT molecular complexity index is 595. The van der Waals surface area contributed by atoms with E-state index >= 15 is 0 Å². The van der Waals surface area contributed by atoms with Crippen LogP contribution >= 0.6 is 0 Å². The Kier molecular flexibility index (Phi) is 3.62. The Hall–Kier alpha value is -2.37. The van der Waals surface area contributed by atoms with Gasteiger partial charge in [-0.25, -0.2) is 4.98 Å². The molecule has 1 aromatic carbocycles. The largest absolute Gasteiger partial charge is 0.493 e. The number of fused-ring (bicyclic) bond motifs is 1. The van der Waals surface area contributed by atoms with E-state index in [2.05, 4.69) is 20.5 Å². The van der Waals surface area contributed by atoms with Crippen molar-refractivity contribution < 1.29 is 9.53 Å². The summed E-state index contributed by atoms with van der Waals surface area (Å²) in [6.07, 6.45) is 3.97. The molecule has 0 atom stereocenters. The molecular weight excluding hydrogens is 256 g/mol. The molecule has 2 aromatic rings. The van der Waals surface area contributed by atoms with Gasteiger partial charge in [0.1, 0.15) is 17.9 Å². The molecule has 1 amide bonds. The number of hydrogen-bond acceptors (Lipinski definition) is 4. The van der Waals surface area contributed by atoms with Crippen molar-refractivity contribution in [2.45, 2.75) is 19.3 Å². The lowest BCUT2D eigenvalue weighted by atomic mass is 10.1. The van der Waals surface area contributed by atoms with Crippen molar-refractivity contribution in [2.24, 2.45) is 0 Å². The van der Waals surface area contributed by atoms with Crippen molar-refractivity contribution in [3.05, 3.63) is 41.5 Å². The number of amides is 1. The van der Waals surface area contributed by atoms with E-state index in [4.69, 9.17) is 4.74 Å². The van der Waals surface area contributed by atoms with Gasteiger partial charge in [0, 0.05) is 24.9 Å². The summed E-state index contributed by atoms with van der Waals surface area (Å²) in [5, 5.41) is 9.49. The van der Waals surface area contributed by atoms with Crippen molar-refractivity contribution in [3.8, 4) is 5.75 Å². The van der Waals surface area contributed by atoms with Crippen LogP contribution in [0.1, 0.15) is 28.2 Å². The van der Waals surface area contributed by atoms with Crippen molar-refractivity contribution >= 4 is 5.91 Å². The molecule has 0 saturated heterocycles. The van der Waals surface area contributed by atoms with E-state index in [1.54, 1.807) is 6.07 Å². The lowest BCUT2D eigenvalue weighted by Gasteiger charge is -2.06. The summed E-state index contributed by atoms with van der Waals surface area (Å²) >= 11 is 0. The first-order chi connectivity index (χ1) is 9.83. The van der Waals surface area contributed by atoms with Crippen LogP contribution in [0.3, 0.4) is 0 Å². The summed E-state index contributed by atoms with van der Waals surface area (Å²) in [6, 6.07) is 5.58. The van der Waals surface area contributed by atoms with Gasteiger partial charge >= 0.3 is 0 Å². The maximum atomic E-state index is 12.0. The van der Waals surface area contributed by atoms with Crippen LogP contribution in [0.25, 0.3) is 0 Å². The number of hydrogen-bond donors (Lipinski definition) is 2. The number of carbonyl (C=O) groups is 1. The summed E-state index contributed by atoms with van der Waals surface area (Å²) in [5.74, 6) is 1.69.